The maximum absolute atomic E-state index is 12.3. The second kappa shape index (κ2) is 6.91. The molecule has 0 spiro atoms. The molecule has 0 aromatic carbocycles. The fourth-order valence-corrected chi connectivity index (χ4v) is 1.51. The number of nitrogens with one attached hydrogen (secondary N) is 2. The summed E-state index contributed by atoms with van der Waals surface area (Å²) in [5.41, 5.74) is -1.05. The number of carbonyl (C=O) groups is 2. The summed E-state index contributed by atoms with van der Waals surface area (Å²) in [7, 11) is 0. The number of pyridine rings is 1. The van der Waals surface area contributed by atoms with Gasteiger partial charge in [0, 0.05) is 0 Å². The van der Waals surface area contributed by atoms with E-state index in [0.29, 0.717) is 6.42 Å². The third-order valence-corrected chi connectivity index (χ3v) is 2.49. The fraction of sp³-hybridized carbons (Fsp3) is 0.417. The van der Waals surface area contributed by atoms with Crippen LogP contribution in [0.3, 0.4) is 0 Å². The summed E-state index contributed by atoms with van der Waals surface area (Å²) in [6.07, 6.45) is -2.92. The number of urea groups is 1. The molecular formula is C12H14F3N3O3. The molecule has 0 fully saturated rings. The van der Waals surface area contributed by atoms with Crippen LogP contribution in [0.15, 0.2) is 18.3 Å². The van der Waals surface area contributed by atoms with Crippen LogP contribution in [-0.2, 0) is 11.0 Å². The van der Waals surface area contributed by atoms with Crippen molar-refractivity contribution in [2.45, 2.75) is 32.0 Å². The number of halogens is 3. The van der Waals surface area contributed by atoms with E-state index in [2.05, 4.69) is 15.6 Å². The van der Waals surface area contributed by atoms with Crippen molar-refractivity contribution in [2.24, 2.45) is 0 Å². The second-order valence-electron chi connectivity index (χ2n) is 4.21. The van der Waals surface area contributed by atoms with Gasteiger partial charge in [-0.1, -0.05) is 13.3 Å². The van der Waals surface area contributed by atoms with Crippen LogP contribution >= 0.6 is 0 Å². The number of carboxylic acids is 1. The molecule has 1 rings (SSSR count). The highest BCUT2D eigenvalue weighted by Crippen LogP contribution is 2.27. The van der Waals surface area contributed by atoms with Crippen LogP contribution in [-0.4, -0.2) is 28.1 Å². The first-order valence-electron chi connectivity index (χ1n) is 6.07. The number of carboxylic acid groups (broad SMARTS) is 1. The van der Waals surface area contributed by atoms with Gasteiger partial charge in [0.15, 0.2) is 0 Å². The minimum Gasteiger partial charge on any atom is -0.480 e. The zero-order chi connectivity index (χ0) is 16.0. The molecule has 0 saturated heterocycles. The van der Waals surface area contributed by atoms with Crippen molar-refractivity contribution in [1.29, 1.82) is 0 Å². The molecule has 6 nitrogen and oxygen atoms in total. The van der Waals surface area contributed by atoms with Crippen LogP contribution in [0.5, 0.6) is 0 Å². The Balaban J connectivity index is 2.64. The highest BCUT2D eigenvalue weighted by atomic mass is 19.4. The molecule has 1 aromatic heterocycles. The van der Waals surface area contributed by atoms with E-state index in [9.17, 15) is 22.8 Å². The SMILES string of the molecule is CCC[C@H](NC(=O)Nc1ccc(C(F)(F)F)nc1)C(=O)O. The summed E-state index contributed by atoms with van der Waals surface area (Å²) < 4.78 is 36.9. The van der Waals surface area contributed by atoms with Gasteiger partial charge in [-0.05, 0) is 18.6 Å². The molecule has 9 heteroatoms. The third kappa shape index (κ3) is 5.28. The number of alkyl halides is 3. The number of carbonyl (C=O) groups excluding carboxylic acids is 1. The van der Waals surface area contributed by atoms with Gasteiger partial charge in [0.2, 0.25) is 0 Å². The first kappa shape index (κ1) is 16.7. The molecule has 1 aromatic rings. The number of aromatic nitrogens is 1. The van der Waals surface area contributed by atoms with Gasteiger partial charge < -0.3 is 15.7 Å². The lowest BCUT2D eigenvalue weighted by Gasteiger charge is -2.14. The van der Waals surface area contributed by atoms with E-state index in [1.807, 2.05) is 0 Å². The number of nitrogens with zero attached hydrogens (tertiary/aromatic N) is 1. The molecule has 0 radical (unpaired) electrons. The van der Waals surface area contributed by atoms with E-state index in [1.165, 1.54) is 0 Å². The standard InChI is InChI=1S/C12H14F3N3O3/c1-2-3-8(10(19)20)18-11(21)17-7-4-5-9(16-6-7)12(13,14)15/h4-6,8H,2-3H2,1H3,(H,19,20)(H2,17,18,21)/t8-/m0/s1. The topological polar surface area (TPSA) is 91.3 Å². The molecule has 3 N–H and O–H groups in total. The van der Waals surface area contributed by atoms with Gasteiger partial charge in [-0.25, -0.2) is 14.6 Å². The molecule has 0 unspecified atom stereocenters. The molecule has 0 bridgehead atoms. The fourth-order valence-electron chi connectivity index (χ4n) is 1.51. The molecule has 21 heavy (non-hydrogen) atoms. The molecular weight excluding hydrogens is 291 g/mol. The quantitative estimate of drug-likeness (QED) is 0.779. The van der Waals surface area contributed by atoms with E-state index in [4.69, 9.17) is 5.11 Å². The summed E-state index contributed by atoms with van der Waals surface area (Å²) in [5, 5.41) is 13.3. The summed E-state index contributed by atoms with van der Waals surface area (Å²) in [4.78, 5) is 25.6. The molecule has 1 atom stereocenters. The Morgan fingerprint density at radius 2 is 2.05 bits per heavy atom. The zero-order valence-electron chi connectivity index (χ0n) is 11.1. The third-order valence-electron chi connectivity index (χ3n) is 2.49. The average Bonchev–Trinajstić information content (AvgIpc) is 2.37. The lowest BCUT2D eigenvalue weighted by atomic mass is 10.2. The zero-order valence-corrected chi connectivity index (χ0v) is 11.1. The Morgan fingerprint density at radius 3 is 2.48 bits per heavy atom. The minimum atomic E-state index is -4.56. The molecule has 0 aliphatic rings. The highest BCUT2D eigenvalue weighted by molar-refractivity contribution is 5.92. The van der Waals surface area contributed by atoms with E-state index in [-0.39, 0.29) is 12.1 Å². The van der Waals surface area contributed by atoms with Gasteiger partial charge in [-0.15, -0.1) is 0 Å². The van der Waals surface area contributed by atoms with Gasteiger partial charge in [0.25, 0.3) is 0 Å². The highest BCUT2D eigenvalue weighted by Gasteiger charge is 2.32. The average molecular weight is 305 g/mol. The van der Waals surface area contributed by atoms with Crippen molar-refractivity contribution < 1.29 is 27.9 Å². The predicted molar refractivity (Wildman–Crippen MR) is 67.7 cm³/mol. The van der Waals surface area contributed by atoms with Crippen LogP contribution < -0.4 is 10.6 Å². The van der Waals surface area contributed by atoms with Crippen molar-refractivity contribution in [3.05, 3.63) is 24.0 Å². The van der Waals surface area contributed by atoms with Crippen LogP contribution in [0.2, 0.25) is 0 Å². The monoisotopic (exact) mass is 305 g/mol. The van der Waals surface area contributed by atoms with Gasteiger partial charge in [-0.2, -0.15) is 13.2 Å². The van der Waals surface area contributed by atoms with Gasteiger partial charge in [0.05, 0.1) is 11.9 Å². The van der Waals surface area contributed by atoms with Crippen molar-refractivity contribution in [1.82, 2.24) is 10.3 Å². The Morgan fingerprint density at radius 1 is 1.38 bits per heavy atom. The van der Waals surface area contributed by atoms with Crippen LogP contribution in [0.1, 0.15) is 25.5 Å². The van der Waals surface area contributed by atoms with Crippen molar-refractivity contribution >= 4 is 17.7 Å². The number of hydrogen-bond acceptors (Lipinski definition) is 3. The van der Waals surface area contributed by atoms with E-state index >= 15 is 0 Å². The van der Waals surface area contributed by atoms with Gasteiger partial charge >= 0.3 is 18.2 Å². The second-order valence-corrected chi connectivity index (χ2v) is 4.21. The Kier molecular flexibility index (Phi) is 5.51. The molecule has 1 heterocycles. The van der Waals surface area contributed by atoms with Crippen LogP contribution in [0.25, 0.3) is 0 Å². The Labute approximate surface area is 118 Å². The molecule has 0 aliphatic heterocycles. The van der Waals surface area contributed by atoms with Gasteiger partial charge in [0.1, 0.15) is 11.7 Å². The lowest BCUT2D eigenvalue weighted by Crippen LogP contribution is -2.42. The van der Waals surface area contributed by atoms with Crippen molar-refractivity contribution in [2.75, 3.05) is 5.32 Å². The smallest absolute Gasteiger partial charge is 0.433 e. The Bertz CT molecular complexity index is 503. The predicted octanol–water partition coefficient (Wildman–Crippen LogP) is 2.48. The first-order valence-corrected chi connectivity index (χ1v) is 6.07. The number of aliphatic carboxylic acids is 1. The maximum Gasteiger partial charge on any atom is 0.433 e. The summed E-state index contributed by atoms with van der Waals surface area (Å²) in [6, 6.07) is -0.128. The molecule has 0 aliphatic carbocycles. The van der Waals surface area contributed by atoms with E-state index < -0.39 is 29.9 Å². The van der Waals surface area contributed by atoms with E-state index in [0.717, 1.165) is 18.3 Å². The van der Waals surface area contributed by atoms with Gasteiger partial charge in [-0.3, -0.25) is 0 Å². The summed E-state index contributed by atoms with van der Waals surface area (Å²) in [5.74, 6) is -1.18. The largest absolute Gasteiger partial charge is 0.480 e. The normalized spacial score (nSPS) is 12.6. The lowest BCUT2D eigenvalue weighted by molar-refractivity contribution is -0.141. The van der Waals surface area contributed by atoms with Crippen LogP contribution in [0.4, 0.5) is 23.7 Å². The molecule has 2 amide bonds. The maximum atomic E-state index is 12.3. The first-order chi connectivity index (χ1) is 9.74. The number of rotatable bonds is 5. The number of amides is 2. The van der Waals surface area contributed by atoms with Crippen LogP contribution in [0, 0.1) is 0 Å². The molecule has 116 valence electrons. The molecule has 0 saturated carbocycles. The van der Waals surface area contributed by atoms with Crippen molar-refractivity contribution in [3.8, 4) is 0 Å². The summed E-state index contributed by atoms with van der Waals surface area (Å²) in [6.45, 7) is 1.76. The minimum absolute atomic E-state index is 0.0288. The summed E-state index contributed by atoms with van der Waals surface area (Å²) >= 11 is 0. The number of anilines is 1. The van der Waals surface area contributed by atoms with E-state index in [1.54, 1.807) is 6.92 Å². The van der Waals surface area contributed by atoms with Crippen molar-refractivity contribution in [3.63, 3.8) is 0 Å². The Hall–Kier alpha value is -2.32. The number of hydrogen-bond donors (Lipinski definition) is 3.